The van der Waals surface area contributed by atoms with Gasteiger partial charge < -0.3 is 9.30 Å². The molecule has 20 heavy (non-hydrogen) atoms. The average molecular weight is 333 g/mol. The Bertz CT molecular complexity index is 717. The van der Waals surface area contributed by atoms with Crippen LogP contribution >= 0.6 is 15.9 Å². The lowest BCUT2D eigenvalue weighted by molar-refractivity contribution is 0.368. The van der Waals surface area contributed by atoms with E-state index in [1.807, 2.05) is 25.1 Å². The normalized spacial score (nSPS) is 10.1. The molecule has 1 aromatic heterocycles. The third kappa shape index (κ3) is 2.91. The molecule has 1 heterocycles. The van der Waals surface area contributed by atoms with E-state index in [1.165, 1.54) is 0 Å². The van der Waals surface area contributed by atoms with Gasteiger partial charge in [-0.25, -0.2) is 0 Å². The zero-order valence-electron chi connectivity index (χ0n) is 11.0. The summed E-state index contributed by atoms with van der Waals surface area (Å²) in [6, 6.07) is 12.6. The Labute approximate surface area is 125 Å². The Morgan fingerprint density at radius 3 is 2.80 bits per heavy atom. The smallest absolute Gasteiger partial charge is 0.250 e. The summed E-state index contributed by atoms with van der Waals surface area (Å²) in [4.78, 5) is 11.9. The highest BCUT2D eigenvalue weighted by atomic mass is 79.9. The highest BCUT2D eigenvalue weighted by Gasteiger charge is 2.09. The summed E-state index contributed by atoms with van der Waals surface area (Å²) < 4.78 is 7.77. The fourth-order valence-corrected chi connectivity index (χ4v) is 2.55. The van der Waals surface area contributed by atoms with Crippen molar-refractivity contribution in [3.05, 3.63) is 51.2 Å². The first-order valence-electron chi connectivity index (χ1n) is 6.17. The van der Waals surface area contributed by atoms with Gasteiger partial charge >= 0.3 is 0 Å². The second kappa shape index (κ2) is 6.40. The van der Waals surface area contributed by atoms with E-state index in [2.05, 4.69) is 15.9 Å². The SMILES string of the molecule is CCn1c(-c2ccc(OCC#N)cc2Br)cccc1=O. The first kappa shape index (κ1) is 14.4. The molecule has 2 aromatic rings. The molecule has 4 nitrogen and oxygen atoms in total. The van der Waals surface area contributed by atoms with Crippen LogP contribution < -0.4 is 10.3 Å². The van der Waals surface area contributed by atoms with E-state index in [1.54, 1.807) is 28.8 Å². The zero-order chi connectivity index (χ0) is 14.5. The Morgan fingerprint density at radius 1 is 1.35 bits per heavy atom. The van der Waals surface area contributed by atoms with Gasteiger partial charge in [-0.1, -0.05) is 6.07 Å². The molecule has 102 valence electrons. The van der Waals surface area contributed by atoms with Crippen LogP contribution in [-0.4, -0.2) is 11.2 Å². The number of hydrogen-bond donors (Lipinski definition) is 0. The summed E-state index contributed by atoms with van der Waals surface area (Å²) in [5.41, 5.74) is 1.73. The Balaban J connectivity index is 2.47. The Morgan fingerprint density at radius 2 is 2.15 bits per heavy atom. The van der Waals surface area contributed by atoms with Gasteiger partial charge in [0.2, 0.25) is 0 Å². The molecule has 0 saturated carbocycles. The van der Waals surface area contributed by atoms with Gasteiger partial charge in [-0.2, -0.15) is 5.26 Å². The minimum Gasteiger partial charge on any atom is -0.479 e. The quantitative estimate of drug-likeness (QED) is 0.863. The molecule has 0 aliphatic rings. The third-order valence-corrected chi connectivity index (χ3v) is 3.54. The summed E-state index contributed by atoms with van der Waals surface area (Å²) in [7, 11) is 0. The average Bonchev–Trinajstić information content (AvgIpc) is 2.45. The van der Waals surface area contributed by atoms with E-state index in [9.17, 15) is 4.79 Å². The van der Waals surface area contributed by atoms with Crippen molar-refractivity contribution in [3.8, 4) is 23.1 Å². The third-order valence-electron chi connectivity index (χ3n) is 2.89. The lowest BCUT2D eigenvalue weighted by Crippen LogP contribution is -2.19. The second-order valence-corrected chi connectivity index (χ2v) is 4.94. The molecule has 0 N–H and O–H groups in total. The highest BCUT2D eigenvalue weighted by molar-refractivity contribution is 9.10. The first-order chi connectivity index (χ1) is 9.67. The van der Waals surface area contributed by atoms with Crippen LogP contribution in [0.5, 0.6) is 5.75 Å². The Hall–Kier alpha value is -2.06. The van der Waals surface area contributed by atoms with Crippen molar-refractivity contribution in [2.45, 2.75) is 13.5 Å². The minimum absolute atomic E-state index is 0.0107. The number of ether oxygens (including phenoxy) is 1. The monoisotopic (exact) mass is 332 g/mol. The van der Waals surface area contributed by atoms with Gasteiger partial charge in [-0.3, -0.25) is 4.79 Å². The van der Waals surface area contributed by atoms with Gasteiger partial charge in [-0.15, -0.1) is 0 Å². The first-order valence-corrected chi connectivity index (χ1v) is 6.96. The topological polar surface area (TPSA) is 55.0 Å². The van der Waals surface area contributed by atoms with E-state index in [-0.39, 0.29) is 12.2 Å². The van der Waals surface area contributed by atoms with E-state index in [0.29, 0.717) is 12.3 Å². The standard InChI is InChI=1S/C15H13BrN2O2/c1-2-18-14(4-3-5-15(18)19)12-7-6-11(10-13(12)16)20-9-8-17/h3-7,10H,2,9H2,1H3. The fourth-order valence-electron chi connectivity index (χ4n) is 1.99. The lowest BCUT2D eigenvalue weighted by Gasteiger charge is -2.13. The molecule has 5 heteroatoms. The number of halogens is 1. The minimum atomic E-state index is -0.0262. The molecule has 0 aliphatic heterocycles. The Kier molecular flexibility index (Phi) is 4.59. The number of hydrogen-bond acceptors (Lipinski definition) is 3. The molecule has 0 atom stereocenters. The van der Waals surface area contributed by atoms with Crippen molar-refractivity contribution in [3.63, 3.8) is 0 Å². The van der Waals surface area contributed by atoms with Gasteiger partial charge in [0.1, 0.15) is 11.8 Å². The summed E-state index contributed by atoms with van der Waals surface area (Å²) in [6.07, 6.45) is 0. The fraction of sp³-hybridized carbons (Fsp3) is 0.200. The van der Waals surface area contributed by atoms with Crippen LogP contribution in [-0.2, 0) is 6.54 Å². The highest BCUT2D eigenvalue weighted by Crippen LogP contribution is 2.30. The van der Waals surface area contributed by atoms with Gasteiger partial charge in [0.15, 0.2) is 6.61 Å². The number of nitrogens with zero attached hydrogens (tertiary/aromatic N) is 2. The molecule has 2 rings (SSSR count). The molecule has 0 bridgehead atoms. The maximum Gasteiger partial charge on any atom is 0.250 e. The van der Waals surface area contributed by atoms with Crippen LogP contribution in [0.4, 0.5) is 0 Å². The van der Waals surface area contributed by atoms with Gasteiger partial charge in [0.25, 0.3) is 5.56 Å². The van der Waals surface area contributed by atoms with Gasteiger partial charge in [0, 0.05) is 22.6 Å². The van der Waals surface area contributed by atoms with E-state index < -0.39 is 0 Å². The summed E-state index contributed by atoms with van der Waals surface area (Å²) in [6.45, 7) is 2.55. The number of benzene rings is 1. The van der Waals surface area contributed by atoms with Crippen molar-refractivity contribution < 1.29 is 4.74 Å². The van der Waals surface area contributed by atoms with E-state index >= 15 is 0 Å². The number of nitriles is 1. The molecular weight excluding hydrogens is 320 g/mol. The van der Waals surface area contributed by atoms with Crippen LogP contribution in [0.25, 0.3) is 11.3 Å². The molecular formula is C15H13BrN2O2. The molecule has 0 unspecified atom stereocenters. The lowest BCUT2D eigenvalue weighted by atomic mass is 10.1. The van der Waals surface area contributed by atoms with Crippen molar-refractivity contribution in [2.24, 2.45) is 0 Å². The van der Waals surface area contributed by atoms with Crippen LogP contribution in [0, 0.1) is 11.3 Å². The molecule has 0 amide bonds. The van der Waals surface area contributed by atoms with Crippen molar-refractivity contribution in [1.82, 2.24) is 4.57 Å². The maximum absolute atomic E-state index is 11.9. The molecule has 0 fully saturated rings. The van der Waals surface area contributed by atoms with Crippen LogP contribution in [0.1, 0.15) is 6.92 Å². The predicted molar refractivity (Wildman–Crippen MR) is 80.6 cm³/mol. The molecule has 1 aromatic carbocycles. The zero-order valence-corrected chi connectivity index (χ0v) is 12.6. The summed E-state index contributed by atoms with van der Waals surface area (Å²) >= 11 is 3.49. The van der Waals surface area contributed by atoms with Gasteiger partial charge in [0.05, 0.1) is 5.69 Å². The van der Waals surface area contributed by atoms with Crippen molar-refractivity contribution in [1.29, 1.82) is 5.26 Å². The number of aromatic nitrogens is 1. The molecule has 0 spiro atoms. The van der Waals surface area contributed by atoms with Gasteiger partial charge in [-0.05, 0) is 47.1 Å². The summed E-state index contributed by atoms with van der Waals surface area (Å²) in [5.74, 6) is 0.614. The molecule has 0 radical (unpaired) electrons. The second-order valence-electron chi connectivity index (χ2n) is 4.08. The van der Waals surface area contributed by atoms with Crippen LogP contribution in [0.2, 0.25) is 0 Å². The van der Waals surface area contributed by atoms with Crippen LogP contribution in [0.15, 0.2) is 45.7 Å². The van der Waals surface area contributed by atoms with Crippen LogP contribution in [0.3, 0.4) is 0 Å². The summed E-state index contributed by atoms with van der Waals surface area (Å²) in [5, 5.41) is 8.50. The predicted octanol–water partition coefficient (Wildman–Crippen LogP) is 3.20. The molecule has 0 aliphatic carbocycles. The van der Waals surface area contributed by atoms with Crippen molar-refractivity contribution in [2.75, 3.05) is 6.61 Å². The number of rotatable bonds is 4. The molecule has 0 saturated heterocycles. The largest absolute Gasteiger partial charge is 0.479 e. The maximum atomic E-state index is 11.9. The van der Waals surface area contributed by atoms with E-state index in [4.69, 9.17) is 10.00 Å². The van der Waals surface area contributed by atoms with Crippen molar-refractivity contribution >= 4 is 15.9 Å². The van der Waals surface area contributed by atoms with E-state index in [0.717, 1.165) is 15.7 Å². The number of pyridine rings is 1.